The number of carbonyl (C=O) groups excluding carboxylic acids is 1. The zero-order valence-electron chi connectivity index (χ0n) is 12.2. The molecule has 1 heterocycles. The molecule has 2 aromatic carbocycles. The highest BCUT2D eigenvalue weighted by Crippen LogP contribution is 2.18. The fourth-order valence-electron chi connectivity index (χ4n) is 2.33. The summed E-state index contributed by atoms with van der Waals surface area (Å²) in [6.45, 7) is 1.05. The van der Waals surface area contributed by atoms with E-state index in [0.717, 1.165) is 11.1 Å². The molecular weight excluding hydrogens is 280 g/mol. The maximum atomic E-state index is 11.8. The number of cyclic esters (lactones) is 1. The molecule has 3 rings (SSSR count). The highest BCUT2D eigenvalue weighted by molar-refractivity contribution is 5.77. The van der Waals surface area contributed by atoms with Crippen molar-refractivity contribution in [1.29, 1.82) is 0 Å². The minimum atomic E-state index is -0.663. The molecular formula is C18H18O4. The average molecular weight is 298 g/mol. The minimum absolute atomic E-state index is 0.241. The fraction of sp³-hybridized carbons (Fsp3) is 0.278. The Morgan fingerprint density at radius 1 is 0.864 bits per heavy atom. The lowest BCUT2D eigenvalue weighted by molar-refractivity contribution is -0.150. The van der Waals surface area contributed by atoms with Crippen molar-refractivity contribution < 1.29 is 19.0 Å². The highest BCUT2D eigenvalue weighted by atomic mass is 16.6. The van der Waals surface area contributed by atoms with Crippen molar-refractivity contribution in [2.75, 3.05) is 6.61 Å². The Balaban J connectivity index is 1.55. The molecule has 2 aromatic rings. The van der Waals surface area contributed by atoms with Gasteiger partial charge in [0.05, 0.1) is 13.2 Å². The van der Waals surface area contributed by atoms with Crippen LogP contribution in [-0.2, 0) is 32.2 Å². The van der Waals surface area contributed by atoms with E-state index in [1.807, 2.05) is 60.7 Å². The molecule has 22 heavy (non-hydrogen) atoms. The van der Waals surface area contributed by atoms with E-state index in [9.17, 15) is 4.79 Å². The third-order valence-corrected chi connectivity index (χ3v) is 3.54. The van der Waals surface area contributed by atoms with E-state index in [2.05, 4.69) is 0 Å². The van der Waals surface area contributed by atoms with Crippen LogP contribution < -0.4 is 0 Å². The summed E-state index contributed by atoms with van der Waals surface area (Å²) in [5, 5.41) is 0. The van der Waals surface area contributed by atoms with Gasteiger partial charge in [0.1, 0.15) is 12.7 Å². The molecule has 2 atom stereocenters. The molecule has 0 N–H and O–H groups in total. The first-order valence-corrected chi connectivity index (χ1v) is 7.30. The smallest absolute Gasteiger partial charge is 0.338 e. The third kappa shape index (κ3) is 3.72. The van der Waals surface area contributed by atoms with Gasteiger partial charge in [-0.3, -0.25) is 0 Å². The van der Waals surface area contributed by atoms with Gasteiger partial charge >= 0.3 is 5.97 Å². The molecule has 1 aliphatic heterocycles. The first-order valence-electron chi connectivity index (χ1n) is 7.30. The maximum Gasteiger partial charge on any atom is 0.338 e. The number of esters is 1. The van der Waals surface area contributed by atoms with Crippen LogP contribution in [0.15, 0.2) is 60.7 Å². The number of hydrogen-bond acceptors (Lipinski definition) is 4. The Hall–Kier alpha value is -2.17. The van der Waals surface area contributed by atoms with Crippen LogP contribution in [0, 0.1) is 0 Å². The molecule has 0 unspecified atom stereocenters. The van der Waals surface area contributed by atoms with Crippen molar-refractivity contribution in [1.82, 2.24) is 0 Å². The molecule has 1 saturated heterocycles. The number of rotatable bonds is 6. The summed E-state index contributed by atoms with van der Waals surface area (Å²) in [4.78, 5) is 11.8. The molecule has 0 radical (unpaired) electrons. The van der Waals surface area contributed by atoms with Gasteiger partial charge in [0.15, 0.2) is 6.10 Å². The number of benzene rings is 2. The lowest BCUT2D eigenvalue weighted by atomic mass is 10.2. The number of hydrogen-bond donors (Lipinski definition) is 0. The molecule has 0 bridgehead atoms. The molecule has 0 amide bonds. The summed E-state index contributed by atoms with van der Waals surface area (Å²) in [5.74, 6) is -0.353. The van der Waals surface area contributed by atoms with Crippen molar-refractivity contribution in [3.63, 3.8) is 0 Å². The first kappa shape index (κ1) is 14.8. The number of carbonyl (C=O) groups is 1. The third-order valence-electron chi connectivity index (χ3n) is 3.54. The van der Waals surface area contributed by atoms with Gasteiger partial charge in [-0.2, -0.15) is 0 Å². The van der Waals surface area contributed by atoms with Gasteiger partial charge in [0.25, 0.3) is 0 Å². The van der Waals surface area contributed by atoms with Crippen LogP contribution in [-0.4, -0.2) is 24.8 Å². The van der Waals surface area contributed by atoms with E-state index >= 15 is 0 Å². The Labute approximate surface area is 129 Å². The molecule has 0 saturated carbocycles. The zero-order chi connectivity index (χ0) is 15.2. The monoisotopic (exact) mass is 298 g/mol. The molecule has 0 spiro atoms. The van der Waals surface area contributed by atoms with Crippen LogP contribution in [0.5, 0.6) is 0 Å². The average Bonchev–Trinajstić information content (AvgIpc) is 2.93. The van der Waals surface area contributed by atoms with Gasteiger partial charge < -0.3 is 14.2 Å². The molecule has 0 aromatic heterocycles. The van der Waals surface area contributed by atoms with E-state index in [4.69, 9.17) is 14.2 Å². The summed E-state index contributed by atoms with van der Waals surface area (Å²) >= 11 is 0. The van der Waals surface area contributed by atoms with Crippen LogP contribution in [0.1, 0.15) is 11.1 Å². The van der Waals surface area contributed by atoms with E-state index < -0.39 is 6.10 Å². The van der Waals surface area contributed by atoms with Crippen LogP contribution in [0.3, 0.4) is 0 Å². The van der Waals surface area contributed by atoms with E-state index in [1.54, 1.807) is 0 Å². The van der Waals surface area contributed by atoms with Gasteiger partial charge in [-0.05, 0) is 11.1 Å². The molecule has 1 fully saturated rings. The van der Waals surface area contributed by atoms with Gasteiger partial charge in [0, 0.05) is 0 Å². The summed E-state index contributed by atoms with van der Waals surface area (Å²) in [7, 11) is 0. The maximum absolute atomic E-state index is 11.8. The lowest BCUT2D eigenvalue weighted by Gasteiger charge is -2.17. The largest absolute Gasteiger partial charge is 0.461 e. The van der Waals surface area contributed by atoms with Crippen LogP contribution in [0.2, 0.25) is 0 Å². The second-order valence-corrected chi connectivity index (χ2v) is 5.18. The van der Waals surface area contributed by atoms with Crippen molar-refractivity contribution in [2.45, 2.75) is 25.4 Å². The summed E-state index contributed by atoms with van der Waals surface area (Å²) < 4.78 is 16.6. The van der Waals surface area contributed by atoms with Crippen molar-refractivity contribution >= 4 is 5.97 Å². The Morgan fingerprint density at radius 3 is 2.00 bits per heavy atom. The van der Waals surface area contributed by atoms with Crippen LogP contribution in [0.25, 0.3) is 0 Å². The lowest BCUT2D eigenvalue weighted by Crippen LogP contribution is -2.32. The molecule has 0 aliphatic carbocycles. The van der Waals surface area contributed by atoms with Gasteiger partial charge in [-0.15, -0.1) is 0 Å². The first-order chi connectivity index (χ1) is 10.8. The van der Waals surface area contributed by atoms with E-state index in [1.165, 1.54) is 0 Å². The van der Waals surface area contributed by atoms with E-state index in [-0.39, 0.29) is 18.7 Å². The van der Waals surface area contributed by atoms with Gasteiger partial charge in [0.2, 0.25) is 0 Å². The second-order valence-electron chi connectivity index (χ2n) is 5.18. The second kappa shape index (κ2) is 7.20. The van der Waals surface area contributed by atoms with Crippen molar-refractivity contribution in [3.8, 4) is 0 Å². The zero-order valence-corrected chi connectivity index (χ0v) is 12.2. The van der Waals surface area contributed by atoms with E-state index in [0.29, 0.717) is 13.2 Å². The van der Waals surface area contributed by atoms with Crippen molar-refractivity contribution in [2.24, 2.45) is 0 Å². The van der Waals surface area contributed by atoms with Gasteiger partial charge in [-0.25, -0.2) is 4.79 Å². The molecule has 4 heteroatoms. The topological polar surface area (TPSA) is 44.8 Å². The summed E-state index contributed by atoms with van der Waals surface area (Å²) in [6, 6.07) is 19.6. The quantitative estimate of drug-likeness (QED) is 0.769. The number of ether oxygens (including phenoxy) is 3. The standard InChI is InChI=1S/C18H18O4/c19-18-17(21-12-15-9-5-2-6-10-15)16(13-22-18)20-11-14-7-3-1-4-8-14/h1-10,16-17H,11-13H2/t16-,17+/m0/s1. The highest BCUT2D eigenvalue weighted by Gasteiger charge is 2.38. The SMILES string of the molecule is O=C1OC[C@H](OCc2ccccc2)[C@H]1OCc1ccccc1. The van der Waals surface area contributed by atoms with Crippen LogP contribution >= 0.6 is 0 Å². The van der Waals surface area contributed by atoms with Gasteiger partial charge in [-0.1, -0.05) is 60.7 Å². The normalized spacial score (nSPS) is 20.8. The fourth-order valence-corrected chi connectivity index (χ4v) is 2.33. The summed E-state index contributed by atoms with van der Waals surface area (Å²) in [5.41, 5.74) is 2.08. The Kier molecular flexibility index (Phi) is 4.83. The summed E-state index contributed by atoms with van der Waals surface area (Å²) in [6.07, 6.45) is -1.03. The predicted molar refractivity (Wildman–Crippen MR) is 81.0 cm³/mol. The molecule has 4 nitrogen and oxygen atoms in total. The Morgan fingerprint density at radius 2 is 1.41 bits per heavy atom. The van der Waals surface area contributed by atoms with Crippen LogP contribution in [0.4, 0.5) is 0 Å². The molecule has 114 valence electrons. The minimum Gasteiger partial charge on any atom is -0.461 e. The Bertz CT molecular complexity index is 597. The predicted octanol–water partition coefficient (Wildman–Crippen LogP) is 2.71. The molecule has 1 aliphatic rings. The van der Waals surface area contributed by atoms with Crippen molar-refractivity contribution in [3.05, 3.63) is 71.8 Å².